The summed E-state index contributed by atoms with van der Waals surface area (Å²) in [6, 6.07) is 13.3. The number of hydrogen-bond acceptors (Lipinski definition) is 4. The summed E-state index contributed by atoms with van der Waals surface area (Å²) in [6.07, 6.45) is 0. The van der Waals surface area contributed by atoms with Crippen LogP contribution in [0.2, 0.25) is 0 Å². The molecule has 2 aromatic carbocycles. The van der Waals surface area contributed by atoms with Crippen LogP contribution in [-0.4, -0.2) is 23.7 Å². The van der Waals surface area contributed by atoms with Crippen LogP contribution in [0.5, 0.6) is 17.2 Å². The molecule has 0 spiro atoms. The average Bonchev–Trinajstić information content (AvgIpc) is 2.96. The molecule has 22 heavy (non-hydrogen) atoms. The molecular formula is C17H18N2O3. The van der Waals surface area contributed by atoms with Crippen LogP contribution >= 0.6 is 0 Å². The van der Waals surface area contributed by atoms with Gasteiger partial charge in [-0.15, -0.1) is 0 Å². The van der Waals surface area contributed by atoms with Gasteiger partial charge in [0.25, 0.3) is 0 Å². The van der Waals surface area contributed by atoms with Crippen LogP contribution in [0.3, 0.4) is 0 Å². The summed E-state index contributed by atoms with van der Waals surface area (Å²) in [5.41, 5.74) is 1.83. The second kappa shape index (κ2) is 6.39. The number of rotatable bonds is 6. The Balaban J connectivity index is 1.68. The van der Waals surface area contributed by atoms with E-state index >= 15 is 0 Å². The molecule has 0 atom stereocenters. The van der Waals surface area contributed by atoms with Gasteiger partial charge in [0, 0.05) is 6.07 Å². The highest BCUT2D eigenvalue weighted by Gasteiger charge is 2.05. The van der Waals surface area contributed by atoms with Crippen molar-refractivity contribution in [2.24, 2.45) is 0 Å². The van der Waals surface area contributed by atoms with Crippen molar-refractivity contribution in [3.63, 3.8) is 0 Å². The van der Waals surface area contributed by atoms with Crippen molar-refractivity contribution in [3.05, 3.63) is 48.3 Å². The Bertz CT molecular complexity index is 750. The third kappa shape index (κ3) is 3.14. The van der Waals surface area contributed by atoms with Gasteiger partial charge in [-0.3, -0.25) is 0 Å². The van der Waals surface area contributed by atoms with Gasteiger partial charge >= 0.3 is 0 Å². The number of nitrogens with zero attached hydrogens (tertiary/aromatic N) is 1. The molecule has 0 aliphatic rings. The minimum Gasteiger partial charge on any atom is -0.497 e. The molecule has 0 bridgehead atoms. The first-order chi connectivity index (χ1) is 10.8. The highest BCUT2D eigenvalue weighted by atomic mass is 16.5. The fraction of sp³-hybridized carbons (Fsp3) is 0.235. The van der Waals surface area contributed by atoms with Gasteiger partial charge in [0.05, 0.1) is 24.8 Å². The predicted octanol–water partition coefficient (Wildman–Crippen LogP) is 3.55. The van der Waals surface area contributed by atoms with Crippen LogP contribution in [0.25, 0.3) is 11.0 Å². The summed E-state index contributed by atoms with van der Waals surface area (Å²) >= 11 is 0. The molecule has 0 radical (unpaired) electrons. The molecule has 3 aromatic rings. The molecule has 0 saturated carbocycles. The molecule has 114 valence electrons. The van der Waals surface area contributed by atoms with Crippen LogP contribution in [0.1, 0.15) is 12.7 Å². The number of benzene rings is 2. The molecule has 5 nitrogen and oxygen atoms in total. The van der Waals surface area contributed by atoms with E-state index in [1.165, 1.54) is 0 Å². The number of hydrogen-bond donors (Lipinski definition) is 1. The number of H-pyrrole nitrogens is 1. The van der Waals surface area contributed by atoms with Crippen molar-refractivity contribution >= 4 is 11.0 Å². The molecular weight excluding hydrogens is 280 g/mol. The second-order valence-electron chi connectivity index (χ2n) is 4.76. The quantitative estimate of drug-likeness (QED) is 0.756. The molecule has 1 N–H and O–H groups in total. The number of ether oxygens (including phenoxy) is 3. The van der Waals surface area contributed by atoms with Gasteiger partial charge in [-0.1, -0.05) is 0 Å². The smallest absolute Gasteiger partial charge is 0.146 e. The van der Waals surface area contributed by atoms with E-state index in [2.05, 4.69) is 9.97 Å². The summed E-state index contributed by atoms with van der Waals surface area (Å²) in [7, 11) is 1.65. The number of aromatic amines is 1. The maximum atomic E-state index is 5.73. The fourth-order valence-electron chi connectivity index (χ4n) is 2.19. The molecule has 0 aliphatic heterocycles. The number of imidazole rings is 1. The lowest BCUT2D eigenvalue weighted by Crippen LogP contribution is -1.97. The Morgan fingerprint density at radius 2 is 1.64 bits per heavy atom. The number of aromatic nitrogens is 2. The molecule has 1 heterocycles. The molecule has 0 aliphatic carbocycles. The van der Waals surface area contributed by atoms with Gasteiger partial charge in [-0.2, -0.15) is 0 Å². The summed E-state index contributed by atoms with van der Waals surface area (Å²) < 4.78 is 16.3. The van der Waals surface area contributed by atoms with Crippen LogP contribution in [0.15, 0.2) is 42.5 Å². The van der Waals surface area contributed by atoms with E-state index in [1.807, 2.05) is 49.4 Å². The molecule has 0 fully saturated rings. The SMILES string of the molecule is CCOc1ccc(OCc2nc3ccc(OC)cc3[nH]2)cc1. The van der Waals surface area contributed by atoms with E-state index in [0.717, 1.165) is 34.1 Å². The standard InChI is InChI=1S/C17H18N2O3/c1-3-21-12-4-6-13(7-5-12)22-11-17-18-15-9-8-14(20-2)10-16(15)19-17/h4-10H,3,11H2,1-2H3,(H,18,19). The van der Waals surface area contributed by atoms with Crippen molar-refractivity contribution in [3.8, 4) is 17.2 Å². The van der Waals surface area contributed by atoms with Gasteiger partial charge in [0.2, 0.25) is 0 Å². The Morgan fingerprint density at radius 1 is 0.955 bits per heavy atom. The zero-order chi connectivity index (χ0) is 15.4. The average molecular weight is 298 g/mol. The fourth-order valence-corrected chi connectivity index (χ4v) is 2.19. The summed E-state index contributed by atoms with van der Waals surface area (Å²) in [5, 5.41) is 0. The maximum Gasteiger partial charge on any atom is 0.146 e. The van der Waals surface area contributed by atoms with Gasteiger partial charge < -0.3 is 19.2 Å². The molecule has 1 aromatic heterocycles. The molecule has 5 heteroatoms. The van der Waals surface area contributed by atoms with Crippen LogP contribution < -0.4 is 14.2 Å². The molecule has 0 amide bonds. The zero-order valence-corrected chi connectivity index (χ0v) is 12.6. The van der Waals surface area contributed by atoms with Crippen molar-refractivity contribution in [2.45, 2.75) is 13.5 Å². The van der Waals surface area contributed by atoms with E-state index in [0.29, 0.717) is 13.2 Å². The summed E-state index contributed by atoms with van der Waals surface area (Å²) in [4.78, 5) is 7.72. The van der Waals surface area contributed by atoms with Crippen LogP contribution in [-0.2, 0) is 6.61 Å². The first-order valence-corrected chi connectivity index (χ1v) is 7.17. The highest BCUT2D eigenvalue weighted by molar-refractivity contribution is 5.76. The van der Waals surface area contributed by atoms with Gasteiger partial charge in [0.1, 0.15) is 29.7 Å². The Hall–Kier alpha value is -2.69. The third-order valence-electron chi connectivity index (χ3n) is 3.25. The molecule has 3 rings (SSSR count). The van der Waals surface area contributed by atoms with E-state index in [9.17, 15) is 0 Å². The first kappa shape index (κ1) is 14.3. The number of methoxy groups -OCH3 is 1. The minimum absolute atomic E-state index is 0.380. The highest BCUT2D eigenvalue weighted by Crippen LogP contribution is 2.21. The number of fused-ring (bicyclic) bond motifs is 1. The zero-order valence-electron chi connectivity index (χ0n) is 12.6. The van der Waals surface area contributed by atoms with E-state index in [-0.39, 0.29) is 0 Å². The number of nitrogens with one attached hydrogen (secondary N) is 1. The Labute approximate surface area is 128 Å². The lowest BCUT2D eigenvalue weighted by atomic mass is 10.3. The van der Waals surface area contributed by atoms with Crippen LogP contribution in [0, 0.1) is 0 Å². The largest absolute Gasteiger partial charge is 0.497 e. The minimum atomic E-state index is 0.380. The third-order valence-corrected chi connectivity index (χ3v) is 3.25. The molecule has 0 saturated heterocycles. The van der Waals surface area contributed by atoms with E-state index < -0.39 is 0 Å². The first-order valence-electron chi connectivity index (χ1n) is 7.17. The normalized spacial score (nSPS) is 10.6. The van der Waals surface area contributed by atoms with Crippen LogP contribution in [0.4, 0.5) is 0 Å². The lowest BCUT2D eigenvalue weighted by Gasteiger charge is -2.06. The second-order valence-corrected chi connectivity index (χ2v) is 4.76. The van der Waals surface area contributed by atoms with Gasteiger partial charge in [-0.05, 0) is 43.3 Å². The summed E-state index contributed by atoms with van der Waals surface area (Å²) in [6.45, 7) is 2.99. The maximum absolute atomic E-state index is 5.73. The molecule has 0 unspecified atom stereocenters. The topological polar surface area (TPSA) is 56.4 Å². The Morgan fingerprint density at radius 3 is 2.32 bits per heavy atom. The summed E-state index contributed by atoms with van der Waals surface area (Å²) in [5.74, 6) is 3.19. The van der Waals surface area contributed by atoms with E-state index in [1.54, 1.807) is 7.11 Å². The van der Waals surface area contributed by atoms with Crippen molar-refractivity contribution in [2.75, 3.05) is 13.7 Å². The van der Waals surface area contributed by atoms with Crippen molar-refractivity contribution in [1.82, 2.24) is 9.97 Å². The van der Waals surface area contributed by atoms with E-state index in [4.69, 9.17) is 14.2 Å². The lowest BCUT2D eigenvalue weighted by molar-refractivity contribution is 0.296. The monoisotopic (exact) mass is 298 g/mol. The van der Waals surface area contributed by atoms with Crippen molar-refractivity contribution in [1.29, 1.82) is 0 Å². The van der Waals surface area contributed by atoms with Gasteiger partial charge in [0.15, 0.2) is 0 Å². The van der Waals surface area contributed by atoms with Gasteiger partial charge in [-0.25, -0.2) is 4.98 Å². The van der Waals surface area contributed by atoms with Crippen molar-refractivity contribution < 1.29 is 14.2 Å². The predicted molar refractivity (Wildman–Crippen MR) is 84.6 cm³/mol. The Kier molecular flexibility index (Phi) is 4.14.